The van der Waals surface area contributed by atoms with Crippen molar-refractivity contribution in [3.8, 4) is 0 Å². The number of rotatable bonds is 8. The lowest BCUT2D eigenvalue weighted by Gasteiger charge is -2.41. The van der Waals surface area contributed by atoms with Gasteiger partial charge < -0.3 is 19.5 Å². The number of carboxylic acids is 1. The minimum Gasteiger partial charge on any atom is -0.494 e. The number of likely N-dealkylation sites (tertiary alicyclic amines) is 1. The predicted molar refractivity (Wildman–Crippen MR) is 153 cm³/mol. The molecule has 4 heterocycles. The molecule has 0 bridgehead atoms. The molecular weight excluding hydrogens is 510 g/mol. The predicted octanol–water partition coefficient (Wildman–Crippen LogP) is 4.33. The average Bonchev–Trinajstić information content (AvgIpc) is 3.34. The monoisotopic (exact) mass is 555 g/mol. The summed E-state index contributed by atoms with van der Waals surface area (Å²) in [6.07, 6.45) is 13.8. The summed E-state index contributed by atoms with van der Waals surface area (Å²) >= 11 is 0. The van der Waals surface area contributed by atoms with Crippen LogP contribution in [0.25, 0.3) is 0 Å². The normalized spacial score (nSPS) is 27.7. The second-order valence-corrected chi connectivity index (χ2v) is 12.7. The van der Waals surface area contributed by atoms with Gasteiger partial charge in [-0.1, -0.05) is 0 Å². The van der Waals surface area contributed by atoms with E-state index in [4.69, 9.17) is 19.6 Å². The van der Waals surface area contributed by atoms with Gasteiger partial charge in [0.25, 0.3) is 0 Å². The Labute approximate surface area is 237 Å². The molecule has 40 heavy (non-hydrogen) atoms. The number of nitrogens with zero attached hydrogens (tertiary/aromatic N) is 4. The van der Waals surface area contributed by atoms with Crippen LogP contribution in [0.1, 0.15) is 78.6 Å². The molecule has 2 saturated heterocycles. The zero-order valence-electron chi connectivity index (χ0n) is 24.2. The number of hydrazone groups is 1. The molecule has 4 aliphatic heterocycles. The summed E-state index contributed by atoms with van der Waals surface area (Å²) in [6.45, 7) is 8.37. The number of nitrogens with one attached hydrogen (secondary N) is 1. The molecule has 4 atom stereocenters. The van der Waals surface area contributed by atoms with Gasteiger partial charge in [-0.15, -0.1) is 0 Å². The molecule has 0 saturated carbocycles. The Hall–Kier alpha value is -2.88. The van der Waals surface area contributed by atoms with Crippen LogP contribution in [0.4, 0.5) is 4.79 Å². The van der Waals surface area contributed by atoms with Crippen LogP contribution < -0.4 is 5.32 Å². The number of carbonyl (C=O) groups excluding carboxylic acids is 1. The number of ether oxygens (including phenoxy) is 2. The van der Waals surface area contributed by atoms with Crippen LogP contribution in [-0.2, 0) is 14.3 Å². The van der Waals surface area contributed by atoms with Crippen molar-refractivity contribution in [1.29, 1.82) is 0 Å². The van der Waals surface area contributed by atoms with Crippen molar-refractivity contribution >= 4 is 24.0 Å². The number of aliphatic imine (C=N–C) groups is 1. The Kier molecular flexibility index (Phi) is 8.83. The molecule has 0 radical (unpaired) electrons. The number of amides is 1. The minimum atomic E-state index is -0.831. The first-order chi connectivity index (χ1) is 19.2. The average molecular weight is 556 g/mol. The molecule has 0 aromatic rings. The van der Waals surface area contributed by atoms with Crippen molar-refractivity contribution in [3.63, 3.8) is 0 Å². The van der Waals surface area contributed by atoms with E-state index in [9.17, 15) is 14.7 Å². The summed E-state index contributed by atoms with van der Waals surface area (Å²) in [7, 11) is 0. The third-order valence-corrected chi connectivity index (χ3v) is 8.69. The zero-order valence-corrected chi connectivity index (χ0v) is 24.2. The van der Waals surface area contributed by atoms with Gasteiger partial charge >= 0.3 is 12.1 Å². The standard InChI is InChI=1S/C30H45N5O5/c1-30(2,3)40-29(38)34-14-10-20(11-15-34)26(18-27(36)37)35-25-9-8-24(17-22(25)19-32-35)39-16-12-23-7-6-21-5-4-13-31-28(21)33-23/h8,17,19-21,25-26,28,31H,4-7,9-16,18H2,1-3H3,(H,36,37). The highest BCUT2D eigenvalue weighted by Gasteiger charge is 2.40. The first-order valence-electron chi connectivity index (χ1n) is 15.0. The first kappa shape index (κ1) is 28.6. The number of aliphatic carboxylic acids is 1. The van der Waals surface area contributed by atoms with E-state index in [-0.39, 0.29) is 30.5 Å². The van der Waals surface area contributed by atoms with Crippen molar-refractivity contribution in [2.75, 3.05) is 26.2 Å². The fraction of sp³-hybridized carbons (Fsp3) is 0.733. The third kappa shape index (κ3) is 7.06. The number of allylic oxidation sites excluding steroid dienone is 1. The van der Waals surface area contributed by atoms with Crippen LogP contribution in [0.5, 0.6) is 0 Å². The van der Waals surface area contributed by atoms with E-state index in [1.54, 1.807) is 4.90 Å². The zero-order chi connectivity index (χ0) is 28.3. The highest BCUT2D eigenvalue weighted by atomic mass is 16.6. The molecule has 4 unspecified atom stereocenters. The third-order valence-electron chi connectivity index (χ3n) is 8.69. The van der Waals surface area contributed by atoms with E-state index in [1.807, 2.05) is 38.1 Å². The van der Waals surface area contributed by atoms with E-state index in [1.165, 1.54) is 25.0 Å². The number of carbonyl (C=O) groups is 2. The Bertz CT molecular complexity index is 1070. The molecule has 1 amide bonds. The summed E-state index contributed by atoms with van der Waals surface area (Å²) in [5, 5.41) is 20.0. The van der Waals surface area contributed by atoms with Crippen molar-refractivity contribution in [3.05, 3.63) is 23.5 Å². The van der Waals surface area contributed by atoms with E-state index < -0.39 is 11.6 Å². The number of hydrogen-bond donors (Lipinski definition) is 2. The summed E-state index contributed by atoms with van der Waals surface area (Å²) in [6, 6.07) is -0.222. The molecule has 2 N–H and O–H groups in total. The van der Waals surface area contributed by atoms with Crippen LogP contribution in [0.15, 0.2) is 33.6 Å². The molecule has 220 valence electrons. The topological polar surface area (TPSA) is 116 Å². The van der Waals surface area contributed by atoms with E-state index in [2.05, 4.69) is 11.4 Å². The quantitative estimate of drug-likeness (QED) is 0.458. The molecule has 1 aliphatic carbocycles. The lowest BCUT2D eigenvalue weighted by molar-refractivity contribution is -0.139. The van der Waals surface area contributed by atoms with Gasteiger partial charge in [0.15, 0.2) is 0 Å². The maximum Gasteiger partial charge on any atom is 0.410 e. The Morgan fingerprint density at radius 1 is 1.20 bits per heavy atom. The van der Waals surface area contributed by atoms with Gasteiger partial charge in [0, 0.05) is 30.8 Å². The maximum atomic E-state index is 12.5. The maximum absolute atomic E-state index is 12.5. The van der Waals surface area contributed by atoms with Gasteiger partial charge in [-0.25, -0.2) is 4.79 Å². The first-order valence-corrected chi connectivity index (χ1v) is 15.0. The Morgan fingerprint density at radius 3 is 2.75 bits per heavy atom. The lowest BCUT2D eigenvalue weighted by Crippen LogP contribution is -2.49. The second-order valence-electron chi connectivity index (χ2n) is 12.7. The molecule has 5 rings (SSSR count). The van der Waals surface area contributed by atoms with Gasteiger partial charge in [-0.2, -0.15) is 5.10 Å². The smallest absolute Gasteiger partial charge is 0.410 e. The van der Waals surface area contributed by atoms with Gasteiger partial charge in [-0.05, 0) is 96.2 Å². The molecule has 5 aliphatic rings. The lowest BCUT2D eigenvalue weighted by atomic mass is 9.85. The van der Waals surface area contributed by atoms with E-state index in [0.717, 1.165) is 50.0 Å². The van der Waals surface area contributed by atoms with Gasteiger partial charge in [0.05, 0.1) is 31.3 Å². The Morgan fingerprint density at radius 2 is 2.00 bits per heavy atom. The van der Waals surface area contributed by atoms with Crippen LogP contribution in [-0.4, -0.2) is 89.1 Å². The summed E-state index contributed by atoms with van der Waals surface area (Å²) < 4.78 is 11.7. The highest BCUT2D eigenvalue weighted by molar-refractivity contribution is 5.85. The summed E-state index contributed by atoms with van der Waals surface area (Å²) in [5.41, 5.74) is 1.77. The highest BCUT2D eigenvalue weighted by Crippen LogP contribution is 2.35. The largest absolute Gasteiger partial charge is 0.494 e. The van der Waals surface area contributed by atoms with Crippen molar-refractivity contribution in [1.82, 2.24) is 15.2 Å². The fourth-order valence-electron chi connectivity index (χ4n) is 6.63. The molecule has 2 fully saturated rings. The number of hydrogen-bond acceptors (Lipinski definition) is 8. The van der Waals surface area contributed by atoms with Gasteiger partial charge in [0.1, 0.15) is 17.5 Å². The van der Waals surface area contributed by atoms with Crippen LogP contribution in [0.2, 0.25) is 0 Å². The van der Waals surface area contributed by atoms with Crippen molar-refractivity contribution < 1.29 is 24.2 Å². The SMILES string of the molecule is CC(C)(C)OC(=O)N1CCC(C(CC(=O)O)N2N=CC3=CC(OCCC4=NC5NCCCC5CC4)=CCC32)CC1. The number of fused-ring (bicyclic) bond motifs is 2. The van der Waals surface area contributed by atoms with Crippen molar-refractivity contribution in [2.24, 2.45) is 21.9 Å². The second kappa shape index (κ2) is 12.3. The van der Waals surface area contributed by atoms with Crippen LogP contribution in [0.3, 0.4) is 0 Å². The molecular formula is C30H45N5O5. The number of carboxylic acid groups (broad SMARTS) is 1. The molecule has 10 nitrogen and oxygen atoms in total. The number of piperidine rings is 2. The summed E-state index contributed by atoms with van der Waals surface area (Å²) in [4.78, 5) is 31.0. The van der Waals surface area contributed by atoms with E-state index >= 15 is 0 Å². The van der Waals surface area contributed by atoms with Crippen molar-refractivity contribution in [2.45, 2.75) is 102 Å². The molecule has 0 aromatic heterocycles. The van der Waals surface area contributed by atoms with Gasteiger partial charge in [-0.3, -0.25) is 20.1 Å². The van der Waals surface area contributed by atoms with Gasteiger partial charge in [0.2, 0.25) is 0 Å². The molecule has 0 aromatic carbocycles. The van der Waals surface area contributed by atoms with E-state index in [0.29, 0.717) is 31.8 Å². The van der Waals surface area contributed by atoms with Crippen LogP contribution >= 0.6 is 0 Å². The summed E-state index contributed by atoms with van der Waals surface area (Å²) in [5.74, 6) is 0.837. The van der Waals surface area contributed by atoms with Crippen LogP contribution in [0, 0.1) is 11.8 Å². The minimum absolute atomic E-state index is 0.0117. The fourth-order valence-corrected chi connectivity index (χ4v) is 6.63. The molecule has 10 heteroatoms. The Balaban J connectivity index is 1.14. The molecule has 0 spiro atoms.